The van der Waals surface area contributed by atoms with Crippen LogP contribution in [0.3, 0.4) is 0 Å². The lowest BCUT2D eigenvalue weighted by molar-refractivity contribution is 0.343. The van der Waals surface area contributed by atoms with Crippen LogP contribution in [-0.4, -0.2) is 16.9 Å². The summed E-state index contributed by atoms with van der Waals surface area (Å²) in [4.78, 5) is 4.14. The molecule has 1 aromatic heterocycles. The van der Waals surface area contributed by atoms with E-state index in [0.29, 0.717) is 23.6 Å². The van der Waals surface area contributed by atoms with E-state index in [1.807, 2.05) is 6.92 Å². The molecule has 0 unspecified atom stereocenters. The van der Waals surface area contributed by atoms with Gasteiger partial charge >= 0.3 is 0 Å². The van der Waals surface area contributed by atoms with Gasteiger partial charge in [0.15, 0.2) is 0 Å². The topological polar surface area (TPSA) is 45.9 Å². The standard InChI is InChI=1S/C11H11BrN2O/c1-8(2)11-9(6-13)5-10(7-14-11)15-4-3-12/h5,7H,1,3-4H2,2H3. The molecule has 78 valence electrons. The highest BCUT2D eigenvalue weighted by atomic mass is 79.9. The summed E-state index contributed by atoms with van der Waals surface area (Å²) in [6.45, 7) is 6.14. The third kappa shape index (κ3) is 3.07. The molecule has 0 aliphatic rings. The minimum Gasteiger partial charge on any atom is -0.491 e. The minimum atomic E-state index is 0.495. The van der Waals surface area contributed by atoms with Crippen molar-refractivity contribution >= 4 is 21.5 Å². The van der Waals surface area contributed by atoms with Crippen molar-refractivity contribution in [1.82, 2.24) is 4.98 Å². The van der Waals surface area contributed by atoms with Crippen LogP contribution in [-0.2, 0) is 0 Å². The van der Waals surface area contributed by atoms with Crippen LogP contribution in [0.5, 0.6) is 5.75 Å². The van der Waals surface area contributed by atoms with Crippen molar-refractivity contribution < 1.29 is 4.74 Å². The fourth-order valence-corrected chi connectivity index (χ4v) is 1.27. The summed E-state index contributed by atoms with van der Waals surface area (Å²) >= 11 is 3.26. The summed E-state index contributed by atoms with van der Waals surface area (Å²) in [5, 5.41) is 9.67. The van der Waals surface area contributed by atoms with Crippen LogP contribution in [0.1, 0.15) is 18.2 Å². The van der Waals surface area contributed by atoms with E-state index >= 15 is 0 Å². The second-order valence-electron chi connectivity index (χ2n) is 3.00. The molecule has 0 aromatic carbocycles. The van der Waals surface area contributed by atoms with E-state index in [1.165, 1.54) is 0 Å². The second kappa shape index (κ2) is 5.52. The Balaban J connectivity index is 2.98. The lowest BCUT2D eigenvalue weighted by Crippen LogP contribution is -2.00. The molecule has 0 aliphatic heterocycles. The number of hydrogen-bond donors (Lipinski definition) is 0. The van der Waals surface area contributed by atoms with Crippen molar-refractivity contribution in [3.05, 3.63) is 30.1 Å². The van der Waals surface area contributed by atoms with Gasteiger partial charge in [0.2, 0.25) is 0 Å². The Bertz CT molecular complexity index is 410. The molecule has 0 spiro atoms. The highest BCUT2D eigenvalue weighted by Crippen LogP contribution is 2.19. The lowest BCUT2D eigenvalue weighted by Gasteiger charge is -2.06. The molecule has 3 nitrogen and oxygen atoms in total. The Morgan fingerprint density at radius 1 is 1.73 bits per heavy atom. The number of pyridine rings is 1. The molecule has 15 heavy (non-hydrogen) atoms. The minimum absolute atomic E-state index is 0.495. The largest absolute Gasteiger partial charge is 0.491 e. The first kappa shape index (κ1) is 11.7. The number of ether oxygens (including phenoxy) is 1. The number of nitrogens with zero attached hydrogens (tertiary/aromatic N) is 2. The van der Waals surface area contributed by atoms with Crippen LogP contribution in [0.25, 0.3) is 5.57 Å². The quantitative estimate of drug-likeness (QED) is 0.788. The molecule has 0 aliphatic carbocycles. The number of nitriles is 1. The van der Waals surface area contributed by atoms with Crippen molar-refractivity contribution in [2.45, 2.75) is 6.92 Å². The fraction of sp³-hybridized carbons (Fsp3) is 0.273. The fourth-order valence-electron chi connectivity index (χ4n) is 1.11. The van der Waals surface area contributed by atoms with Gasteiger partial charge in [-0.15, -0.1) is 0 Å². The zero-order valence-electron chi connectivity index (χ0n) is 8.46. The Hall–Kier alpha value is -1.34. The number of alkyl halides is 1. The number of halogens is 1. The molecule has 0 saturated heterocycles. The van der Waals surface area contributed by atoms with Crippen LogP contribution < -0.4 is 4.74 Å². The molecule has 1 heterocycles. The average molecular weight is 267 g/mol. The van der Waals surface area contributed by atoms with Gasteiger partial charge in [0, 0.05) is 11.4 Å². The molecule has 0 N–H and O–H groups in total. The van der Waals surface area contributed by atoms with Crippen LogP contribution in [0, 0.1) is 11.3 Å². The van der Waals surface area contributed by atoms with Gasteiger partial charge in [0.1, 0.15) is 11.8 Å². The van der Waals surface area contributed by atoms with Gasteiger partial charge in [-0.2, -0.15) is 5.26 Å². The Kier molecular flexibility index (Phi) is 4.32. The first-order valence-electron chi connectivity index (χ1n) is 4.44. The molecule has 0 fully saturated rings. The maximum Gasteiger partial charge on any atom is 0.138 e. The smallest absolute Gasteiger partial charge is 0.138 e. The van der Waals surface area contributed by atoms with Gasteiger partial charge in [-0.1, -0.05) is 22.5 Å². The number of allylic oxidation sites excluding steroid dienone is 1. The molecular weight excluding hydrogens is 256 g/mol. The van der Waals surface area contributed by atoms with E-state index < -0.39 is 0 Å². The molecule has 1 aromatic rings. The lowest BCUT2D eigenvalue weighted by atomic mass is 10.1. The van der Waals surface area contributed by atoms with Crippen molar-refractivity contribution in [3.8, 4) is 11.8 Å². The molecular formula is C11H11BrN2O. The number of hydrogen-bond acceptors (Lipinski definition) is 3. The van der Waals surface area contributed by atoms with Crippen LogP contribution in [0.4, 0.5) is 0 Å². The normalized spacial score (nSPS) is 9.40. The maximum atomic E-state index is 8.92. The van der Waals surface area contributed by atoms with Crippen molar-refractivity contribution in [2.75, 3.05) is 11.9 Å². The SMILES string of the molecule is C=C(C)c1ncc(OCCBr)cc1C#N. The molecule has 0 radical (unpaired) electrons. The van der Waals surface area contributed by atoms with Crippen LogP contribution in [0.2, 0.25) is 0 Å². The summed E-state index contributed by atoms with van der Waals surface area (Å²) in [5.74, 6) is 0.607. The summed E-state index contributed by atoms with van der Waals surface area (Å²) in [7, 11) is 0. The van der Waals surface area contributed by atoms with Gasteiger partial charge in [-0.05, 0) is 12.5 Å². The first-order valence-corrected chi connectivity index (χ1v) is 5.56. The molecule has 0 bridgehead atoms. The highest BCUT2D eigenvalue weighted by Gasteiger charge is 2.06. The van der Waals surface area contributed by atoms with Crippen molar-refractivity contribution in [3.63, 3.8) is 0 Å². The summed E-state index contributed by atoms with van der Waals surface area (Å²) in [5.41, 5.74) is 1.90. The zero-order chi connectivity index (χ0) is 11.3. The van der Waals surface area contributed by atoms with Crippen molar-refractivity contribution in [1.29, 1.82) is 5.26 Å². The van der Waals surface area contributed by atoms with Gasteiger partial charge in [0.05, 0.1) is 24.1 Å². The van der Waals surface area contributed by atoms with E-state index in [4.69, 9.17) is 10.00 Å². The van der Waals surface area contributed by atoms with E-state index in [1.54, 1.807) is 12.3 Å². The number of aromatic nitrogens is 1. The average Bonchev–Trinajstić information content (AvgIpc) is 2.25. The molecule has 0 atom stereocenters. The third-order valence-electron chi connectivity index (χ3n) is 1.73. The molecule has 0 saturated carbocycles. The van der Waals surface area contributed by atoms with Crippen LogP contribution in [0.15, 0.2) is 18.8 Å². The van der Waals surface area contributed by atoms with Gasteiger partial charge < -0.3 is 4.74 Å². The van der Waals surface area contributed by atoms with E-state index in [0.717, 1.165) is 10.9 Å². The zero-order valence-corrected chi connectivity index (χ0v) is 10.0. The Morgan fingerprint density at radius 3 is 3.00 bits per heavy atom. The number of rotatable bonds is 4. The predicted octanol–water partition coefficient (Wildman–Crippen LogP) is 2.76. The predicted molar refractivity (Wildman–Crippen MR) is 62.9 cm³/mol. The molecule has 1 rings (SSSR count). The molecule has 0 amide bonds. The van der Waals surface area contributed by atoms with Gasteiger partial charge in [-0.25, -0.2) is 0 Å². The van der Waals surface area contributed by atoms with E-state index in [-0.39, 0.29) is 0 Å². The van der Waals surface area contributed by atoms with Gasteiger partial charge in [-0.3, -0.25) is 4.98 Å². The van der Waals surface area contributed by atoms with Gasteiger partial charge in [0.25, 0.3) is 0 Å². The van der Waals surface area contributed by atoms with Crippen molar-refractivity contribution in [2.24, 2.45) is 0 Å². The maximum absolute atomic E-state index is 8.92. The summed E-state index contributed by atoms with van der Waals surface area (Å²) in [6.07, 6.45) is 1.60. The summed E-state index contributed by atoms with van der Waals surface area (Å²) < 4.78 is 5.34. The van der Waals surface area contributed by atoms with E-state index in [2.05, 4.69) is 33.6 Å². The monoisotopic (exact) mass is 266 g/mol. The third-order valence-corrected chi connectivity index (χ3v) is 2.06. The highest BCUT2D eigenvalue weighted by molar-refractivity contribution is 9.09. The second-order valence-corrected chi connectivity index (χ2v) is 3.79. The Morgan fingerprint density at radius 2 is 2.47 bits per heavy atom. The first-order chi connectivity index (χ1) is 7.19. The molecule has 4 heteroatoms. The summed E-state index contributed by atoms with van der Waals surface area (Å²) in [6, 6.07) is 3.76. The Labute approximate surface area is 97.5 Å². The van der Waals surface area contributed by atoms with Crippen LogP contribution >= 0.6 is 15.9 Å². The van der Waals surface area contributed by atoms with E-state index in [9.17, 15) is 0 Å².